The van der Waals surface area contributed by atoms with E-state index in [1.807, 2.05) is 12.1 Å². The van der Waals surface area contributed by atoms with Gasteiger partial charge in [0.1, 0.15) is 5.82 Å². The van der Waals surface area contributed by atoms with E-state index in [0.29, 0.717) is 18.3 Å². The third-order valence-corrected chi connectivity index (χ3v) is 4.75. The van der Waals surface area contributed by atoms with Crippen molar-refractivity contribution in [2.45, 2.75) is 19.3 Å². The van der Waals surface area contributed by atoms with Crippen molar-refractivity contribution in [2.75, 3.05) is 37.6 Å². The Morgan fingerprint density at radius 1 is 1.22 bits per heavy atom. The maximum atomic E-state index is 13.0. The van der Waals surface area contributed by atoms with Crippen LogP contribution in [0, 0.1) is 17.7 Å². The molecule has 0 bridgehead atoms. The van der Waals surface area contributed by atoms with Crippen LogP contribution in [-0.4, -0.2) is 38.6 Å². The number of hydrogen-bond acceptors (Lipinski definition) is 4. The highest BCUT2D eigenvalue weighted by atomic mass is 19.1. The van der Waals surface area contributed by atoms with Crippen LogP contribution < -0.4 is 21.1 Å². The molecule has 3 rings (SSSR count). The van der Waals surface area contributed by atoms with Gasteiger partial charge in [0.2, 0.25) is 5.91 Å². The van der Waals surface area contributed by atoms with E-state index in [-0.39, 0.29) is 11.7 Å². The van der Waals surface area contributed by atoms with Crippen molar-refractivity contribution >= 4 is 11.6 Å². The lowest BCUT2D eigenvalue weighted by atomic mass is 10.0. The Kier molecular flexibility index (Phi) is 5.46. The van der Waals surface area contributed by atoms with Gasteiger partial charge >= 0.3 is 0 Å². The highest BCUT2D eigenvalue weighted by molar-refractivity contribution is 5.75. The van der Waals surface area contributed by atoms with Crippen LogP contribution in [0.4, 0.5) is 10.1 Å². The summed E-state index contributed by atoms with van der Waals surface area (Å²) in [5, 5.41) is 3.06. The molecule has 1 aromatic carbocycles. The van der Waals surface area contributed by atoms with Crippen molar-refractivity contribution in [3.63, 3.8) is 0 Å². The molecule has 2 aliphatic rings. The van der Waals surface area contributed by atoms with Gasteiger partial charge in [0.25, 0.3) is 0 Å². The molecule has 126 valence electrons. The van der Waals surface area contributed by atoms with Crippen LogP contribution in [0.25, 0.3) is 0 Å². The quantitative estimate of drug-likeness (QED) is 0.739. The van der Waals surface area contributed by atoms with Crippen LogP contribution in [0.1, 0.15) is 19.3 Å². The summed E-state index contributed by atoms with van der Waals surface area (Å²) in [7, 11) is 0. The van der Waals surface area contributed by atoms with E-state index in [1.165, 1.54) is 12.1 Å². The molecule has 0 spiro atoms. The number of amides is 1. The van der Waals surface area contributed by atoms with E-state index >= 15 is 0 Å². The van der Waals surface area contributed by atoms with Crippen molar-refractivity contribution in [1.29, 1.82) is 0 Å². The summed E-state index contributed by atoms with van der Waals surface area (Å²) in [6.45, 7) is 4.51. The van der Waals surface area contributed by atoms with Crippen LogP contribution in [-0.2, 0) is 4.79 Å². The van der Waals surface area contributed by atoms with Gasteiger partial charge in [-0.25, -0.2) is 4.39 Å². The fraction of sp³-hybridized carbons (Fsp3) is 0.588. The van der Waals surface area contributed by atoms with Crippen LogP contribution >= 0.6 is 0 Å². The average molecular weight is 320 g/mol. The van der Waals surface area contributed by atoms with Gasteiger partial charge in [-0.1, -0.05) is 0 Å². The third-order valence-electron chi connectivity index (χ3n) is 4.75. The number of benzene rings is 1. The molecule has 2 fully saturated rings. The largest absolute Gasteiger partial charge is 0.371 e. The van der Waals surface area contributed by atoms with Crippen molar-refractivity contribution in [3.05, 3.63) is 30.1 Å². The van der Waals surface area contributed by atoms with E-state index in [2.05, 4.69) is 21.1 Å². The summed E-state index contributed by atoms with van der Waals surface area (Å²) in [6.07, 6.45) is 2.59. The predicted octanol–water partition coefficient (Wildman–Crippen LogP) is 1.27. The molecule has 23 heavy (non-hydrogen) atoms. The molecule has 2 saturated heterocycles. The van der Waals surface area contributed by atoms with Crippen molar-refractivity contribution in [3.8, 4) is 0 Å². The minimum atomic E-state index is -0.204. The summed E-state index contributed by atoms with van der Waals surface area (Å²) >= 11 is 0. The van der Waals surface area contributed by atoms with Crippen LogP contribution in [0.2, 0.25) is 0 Å². The molecule has 1 unspecified atom stereocenters. The van der Waals surface area contributed by atoms with Gasteiger partial charge in [-0.2, -0.15) is 0 Å². The van der Waals surface area contributed by atoms with Gasteiger partial charge in [0.05, 0.1) is 0 Å². The predicted molar refractivity (Wildman–Crippen MR) is 88.5 cm³/mol. The Balaban J connectivity index is 1.36. The summed E-state index contributed by atoms with van der Waals surface area (Å²) in [5.74, 6) is 0.974. The minimum absolute atomic E-state index is 0.150. The lowest BCUT2D eigenvalue weighted by Gasteiger charge is -2.19. The van der Waals surface area contributed by atoms with Gasteiger partial charge in [0.15, 0.2) is 0 Å². The second kappa shape index (κ2) is 7.75. The first-order valence-corrected chi connectivity index (χ1v) is 8.43. The molecule has 5 nitrogen and oxygen atoms in total. The summed E-state index contributed by atoms with van der Waals surface area (Å²) in [4.78, 5) is 14.2. The van der Waals surface area contributed by atoms with Crippen molar-refractivity contribution < 1.29 is 9.18 Å². The maximum Gasteiger partial charge on any atom is 0.220 e. The summed E-state index contributed by atoms with van der Waals surface area (Å²) < 4.78 is 13.0. The van der Waals surface area contributed by atoms with E-state index in [0.717, 1.165) is 51.3 Å². The number of nitrogens with one attached hydrogen (secondary N) is 3. The molecule has 0 saturated carbocycles. The Morgan fingerprint density at radius 2 is 1.96 bits per heavy atom. The molecule has 0 radical (unpaired) electrons. The zero-order valence-electron chi connectivity index (χ0n) is 13.4. The lowest BCUT2D eigenvalue weighted by molar-refractivity contribution is -0.121. The SMILES string of the molecule is O=C(CCC1CNNC1)NCC1CCN(c2ccc(F)cc2)C1. The smallest absolute Gasteiger partial charge is 0.220 e. The Morgan fingerprint density at radius 3 is 2.70 bits per heavy atom. The molecule has 0 aromatic heterocycles. The van der Waals surface area contributed by atoms with Gasteiger partial charge < -0.3 is 10.2 Å². The first kappa shape index (κ1) is 16.2. The molecule has 6 heteroatoms. The number of rotatable bonds is 6. The summed E-state index contributed by atoms with van der Waals surface area (Å²) in [6, 6.07) is 6.63. The minimum Gasteiger partial charge on any atom is -0.371 e. The van der Waals surface area contributed by atoms with E-state index in [4.69, 9.17) is 0 Å². The van der Waals surface area contributed by atoms with Gasteiger partial charge in [-0.05, 0) is 48.9 Å². The number of hydrazine groups is 1. The average Bonchev–Trinajstić information content (AvgIpc) is 3.23. The molecule has 2 aliphatic heterocycles. The number of carbonyl (C=O) groups excluding carboxylic acids is 1. The van der Waals surface area contributed by atoms with Crippen LogP contribution in [0.5, 0.6) is 0 Å². The van der Waals surface area contributed by atoms with E-state index < -0.39 is 0 Å². The monoisotopic (exact) mass is 320 g/mol. The number of carbonyl (C=O) groups is 1. The normalized spacial score (nSPS) is 21.8. The first-order valence-electron chi connectivity index (χ1n) is 8.43. The third kappa shape index (κ3) is 4.65. The van der Waals surface area contributed by atoms with Crippen molar-refractivity contribution in [2.24, 2.45) is 11.8 Å². The molecule has 1 atom stereocenters. The number of anilines is 1. The molecular formula is C17H25FN4O. The molecule has 3 N–H and O–H groups in total. The van der Waals surface area contributed by atoms with Crippen molar-refractivity contribution in [1.82, 2.24) is 16.2 Å². The summed E-state index contributed by atoms with van der Waals surface area (Å²) in [5.41, 5.74) is 7.23. The molecule has 1 amide bonds. The second-order valence-electron chi connectivity index (χ2n) is 6.55. The van der Waals surface area contributed by atoms with Crippen LogP contribution in [0.15, 0.2) is 24.3 Å². The second-order valence-corrected chi connectivity index (χ2v) is 6.55. The molecule has 0 aliphatic carbocycles. The fourth-order valence-electron chi connectivity index (χ4n) is 3.28. The first-order chi connectivity index (χ1) is 11.2. The molecular weight excluding hydrogens is 295 g/mol. The Labute approximate surface area is 136 Å². The topological polar surface area (TPSA) is 56.4 Å². The van der Waals surface area contributed by atoms with Gasteiger partial charge in [0, 0.05) is 44.8 Å². The molecule has 2 heterocycles. The van der Waals surface area contributed by atoms with Crippen LogP contribution in [0.3, 0.4) is 0 Å². The van der Waals surface area contributed by atoms with E-state index in [9.17, 15) is 9.18 Å². The highest BCUT2D eigenvalue weighted by Gasteiger charge is 2.23. The van der Waals surface area contributed by atoms with Gasteiger partial charge in [-0.3, -0.25) is 15.6 Å². The zero-order chi connectivity index (χ0) is 16.1. The standard InChI is InChI=1S/C17H25FN4O/c18-15-2-4-16(5-3-15)22-8-7-14(12-22)9-19-17(23)6-1-13-10-20-21-11-13/h2-5,13-14,20-21H,1,6-12H2,(H,19,23). The maximum absolute atomic E-state index is 13.0. The zero-order valence-corrected chi connectivity index (χ0v) is 13.4. The number of halogens is 1. The number of hydrogen-bond donors (Lipinski definition) is 3. The Hall–Kier alpha value is -1.66. The molecule has 1 aromatic rings. The Bertz CT molecular complexity index is 516. The lowest BCUT2D eigenvalue weighted by Crippen LogP contribution is -2.31. The van der Waals surface area contributed by atoms with Gasteiger partial charge in [-0.15, -0.1) is 0 Å². The number of nitrogens with zero attached hydrogens (tertiary/aromatic N) is 1. The highest BCUT2D eigenvalue weighted by Crippen LogP contribution is 2.23. The van der Waals surface area contributed by atoms with E-state index in [1.54, 1.807) is 0 Å². The fourth-order valence-corrected chi connectivity index (χ4v) is 3.28.